The van der Waals surface area contributed by atoms with Gasteiger partial charge in [0.2, 0.25) is 0 Å². The SMILES string of the molecule is Cc1nc(C(=O)NC2CCS(=O)(=O)C2)cc(N2CCC(C)CC2)n1. The fraction of sp³-hybridized carbons (Fsp3) is 0.688. The summed E-state index contributed by atoms with van der Waals surface area (Å²) in [5.41, 5.74) is 0.306. The number of anilines is 1. The average Bonchev–Trinajstić information content (AvgIpc) is 2.86. The Labute approximate surface area is 142 Å². The van der Waals surface area contributed by atoms with Gasteiger partial charge in [-0.3, -0.25) is 4.79 Å². The molecule has 3 rings (SSSR count). The number of aryl methyl sites for hydroxylation is 1. The summed E-state index contributed by atoms with van der Waals surface area (Å²) in [5.74, 6) is 1.87. The standard InChI is InChI=1S/C16H24N4O3S/c1-11-3-6-20(7-4-11)15-9-14(17-12(2)18-15)16(21)19-13-5-8-24(22,23)10-13/h9,11,13H,3-8,10H2,1-2H3,(H,19,21). The van der Waals surface area contributed by atoms with Gasteiger partial charge in [0.15, 0.2) is 9.84 Å². The first-order valence-electron chi connectivity index (χ1n) is 8.44. The van der Waals surface area contributed by atoms with Crippen molar-refractivity contribution in [1.29, 1.82) is 0 Å². The Balaban J connectivity index is 1.72. The molecule has 1 unspecified atom stereocenters. The van der Waals surface area contributed by atoms with Gasteiger partial charge >= 0.3 is 0 Å². The quantitative estimate of drug-likeness (QED) is 0.870. The van der Waals surface area contributed by atoms with E-state index in [-0.39, 0.29) is 23.5 Å². The fourth-order valence-corrected chi connectivity index (χ4v) is 4.91. The molecule has 0 aliphatic carbocycles. The lowest BCUT2D eigenvalue weighted by molar-refractivity contribution is 0.0935. The minimum absolute atomic E-state index is 0.0136. The van der Waals surface area contributed by atoms with E-state index < -0.39 is 9.84 Å². The van der Waals surface area contributed by atoms with Gasteiger partial charge in [-0.2, -0.15) is 0 Å². The number of hydrogen-bond acceptors (Lipinski definition) is 6. The van der Waals surface area contributed by atoms with Crippen molar-refractivity contribution in [1.82, 2.24) is 15.3 Å². The molecule has 7 nitrogen and oxygen atoms in total. The van der Waals surface area contributed by atoms with Crippen LogP contribution in [0, 0.1) is 12.8 Å². The first-order chi connectivity index (χ1) is 11.3. The molecule has 1 amide bonds. The molecule has 1 N–H and O–H groups in total. The zero-order chi connectivity index (χ0) is 17.3. The molecule has 0 aromatic carbocycles. The second-order valence-corrected chi connectivity index (χ2v) is 9.13. The van der Waals surface area contributed by atoms with E-state index in [0.29, 0.717) is 17.9 Å². The van der Waals surface area contributed by atoms with E-state index in [1.165, 1.54) is 0 Å². The number of aromatic nitrogens is 2. The number of amides is 1. The number of nitrogens with one attached hydrogen (secondary N) is 1. The van der Waals surface area contributed by atoms with Crippen molar-refractivity contribution in [2.45, 2.75) is 39.2 Å². The van der Waals surface area contributed by atoms with Crippen LogP contribution in [-0.4, -0.2) is 54.9 Å². The van der Waals surface area contributed by atoms with E-state index in [4.69, 9.17) is 0 Å². The lowest BCUT2D eigenvalue weighted by Gasteiger charge is -2.31. The highest BCUT2D eigenvalue weighted by Gasteiger charge is 2.29. The van der Waals surface area contributed by atoms with Crippen molar-refractivity contribution < 1.29 is 13.2 Å². The van der Waals surface area contributed by atoms with Crippen LogP contribution in [0.25, 0.3) is 0 Å². The van der Waals surface area contributed by atoms with Crippen LogP contribution in [0.5, 0.6) is 0 Å². The van der Waals surface area contributed by atoms with Crippen molar-refractivity contribution in [3.05, 3.63) is 17.6 Å². The van der Waals surface area contributed by atoms with Gasteiger partial charge < -0.3 is 10.2 Å². The second-order valence-electron chi connectivity index (χ2n) is 6.90. The van der Waals surface area contributed by atoms with Crippen LogP contribution in [0.3, 0.4) is 0 Å². The number of sulfone groups is 1. The molecule has 0 radical (unpaired) electrons. The van der Waals surface area contributed by atoms with E-state index in [1.807, 2.05) is 0 Å². The second kappa shape index (κ2) is 6.66. The minimum Gasteiger partial charge on any atom is -0.356 e. The van der Waals surface area contributed by atoms with Crippen LogP contribution in [0.4, 0.5) is 5.82 Å². The maximum Gasteiger partial charge on any atom is 0.270 e. The summed E-state index contributed by atoms with van der Waals surface area (Å²) >= 11 is 0. The molecule has 132 valence electrons. The Morgan fingerprint density at radius 2 is 1.96 bits per heavy atom. The molecule has 0 bridgehead atoms. The minimum atomic E-state index is -3.02. The summed E-state index contributed by atoms with van der Waals surface area (Å²) in [7, 11) is -3.02. The summed E-state index contributed by atoms with van der Waals surface area (Å²) in [5, 5.41) is 2.79. The lowest BCUT2D eigenvalue weighted by atomic mass is 9.99. The van der Waals surface area contributed by atoms with Crippen molar-refractivity contribution in [3.63, 3.8) is 0 Å². The Kier molecular flexibility index (Phi) is 4.76. The predicted molar refractivity (Wildman–Crippen MR) is 91.9 cm³/mol. The van der Waals surface area contributed by atoms with Crippen LogP contribution in [0.1, 0.15) is 42.5 Å². The van der Waals surface area contributed by atoms with Gasteiger partial charge in [-0.15, -0.1) is 0 Å². The van der Waals surface area contributed by atoms with Gasteiger partial charge in [0.05, 0.1) is 11.5 Å². The number of rotatable bonds is 3. The maximum absolute atomic E-state index is 12.4. The summed E-state index contributed by atoms with van der Waals surface area (Å²) in [6.07, 6.45) is 2.70. The number of carbonyl (C=O) groups excluding carboxylic acids is 1. The van der Waals surface area contributed by atoms with Gasteiger partial charge in [-0.25, -0.2) is 18.4 Å². The van der Waals surface area contributed by atoms with E-state index in [1.54, 1.807) is 13.0 Å². The third-order valence-electron chi connectivity index (χ3n) is 4.73. The highest BCUT2D eigenvalue weighted by molar-refractivity contribution is 7.91. The molecule has 1 aromatic heterocycles. The van der Waals surface area contributed by atoms with Crippen molar-refractivity contribution in [3.8, 4) is 0 Å². The molecule has 0 saturated carbocycles. The Morgan fingerprint density at radius 1 is 1.25 bits per heavy atom. The number of carbonyl (C=O) groups is 1. The van der Waals surface area contributed by atoms with Gasteiger partial charge in [0, 0.05) is 25.2 Å². The van der Waals surface area contributed by atoms with Crippen molar-refractivity contribution in [2.24, 2.45) is 5.92 Å². The van der Waals surface area contributed by atoms with Crippen LogP contribution in [0.2, 0.25) is 0 Å². The smallest absolute Gasteiger partial charge is 0.270 e. The highest BCUT2D eigenvalue weighted by atomic mass is 32.2. The molecule has 2 aliphatic heterocycles. The first kappa shape index (κ1) is 17.1. The topological polar surface area (TPSA) is 92.3 Å². The largest absolute Gasteiger partial charge is 0.356 e. The normalized spacial score (nSPS) is 24.1. The van der Waals surface area contributed by atoms with Crippen molar-refractivity contribution in [2.75, 3.05) is 29.5 Å². The van der Waals surface area contributed by atoms with Gasteiger partial charge in [-0.05, 0) is 32.1 Å². The van der Waals surface area contributed by atoms with Gasteiger partial charge in [-0.1, -0.05) is 6.92 Å². The van der Waals surface area contributed by atoms with Gasteiger partial charge in [0.1, 0.15) is 17.3 Å². The fourth-order valence-electron chi connectivity index (χ4n) is 3.24. The zero-order valence-electron chi connectivity index (χ0n) is 14.2. The molecule has 24 heavy (non-hydrogen) atoms. The molecule has 2 aliphatic rings. The molecule has 3 heterocycles. The third kappa shape index (κ3) is 4.03. The number of nitrogens with zero attached hydrogens (tertiary/aromatic N) is 3. The van der Waals surface area contributed by atoms with Crippen LogP contribution in [-0.2, 0) is 9.84 Å². The Bertz CT molecular complexity index is 727. The molecule has 1 aromatic rings. The Morgan fingerprint density at radius 3 is 2.58 bits per heavy atom. The van der Waals surface area contributed by atoms with E-state index in [2.05, 4.69) is 27.1 Å². The van der Waals surface area contributed by atoms with E-state index in [9.17, 15) is 13.2 Å². The first-order valence-corrected chi connectivity index (χ1v) is 10.3. The number of hydrogen-bond donors (Lipinski definition) is 1. The number of piperidine rings is 1. The van der Waals surface area contributed by atoms with Crippen LogP contribution < -0.4 is 10.2 Å². The predicted octanol–water partition coefficient (Wildman–Crippen LogP) is 0.938. The molecular formula is C16H24N4O3S. The molecule has 2 saturated heterocycles. The van der Waals surface area contributed by atoms with Crippen LogP contribution >= 0.6 is 0 Å². The third-order valence-corrected chi connectivity index (χ3v) is 6.50. The molecule has 8 heteroatoms. The molecule has 0 spiro atoms. The Hall–Kier alpha value is -1.70. The molecule has 1 atom stereocenters. The van der Waals surface area contributed by atoms with E-state index >= 15 is 0 Å². The summed E-state index contributed by atoms with van der Waals surface area (Å²) in [6.45, 7) is 5.88. The van der Waals surface area contributed by atoms with Gasteiger partial charge in [0.25, 0.3) is 5.91 Å². The highest BCUT2D eigenvalue weighted by Crippen LogP contribution is 2.22. The average molecular weight is 352 g/mol. The summed E-state index contributed by atoms with van der Waals surface area (Å²) < 4.78 is 23.0. The summed E-state index contributed by atoms with van der Waals surface area (Å²) in [6, 6.07) is 1.39. The van der Waals surface area contributed by atoms with Crippen molar-refractivity contribution >= 4 is 21.6 Å². The van der Waals surface area contributed by atoms with E-state index in [0.717, 1.165) is 37.7 Å². The molecular weight excluding hydrogens is 328 g/mol. The zero-order valence-corrected chi connectivity index (χ0v) is 15.0. The van der Waals surface area contributed by atoms with Crippen LogP contribution in [0.15, 0.2) is 6.07 Å². The molecule has 2 fully saturated rings. The summed E-state index contributed by atoms with van der Waals surface area (Å²) in [4.78, 5) is 23.3. The lowest BCUT2D eigenvalue weighted by Crippen LogP contribution is -2.37. The maximum atomic E-state index is 12.4. The monoisotopic (exact) mass is 352 g/mol.